The highest BCUT2D eigenvalue weighted by Gasteiger charge is 2.08. The zero-order chi connectivity index (χ0) is 13.0. The van der Waals surface area contributed by atoms with Gasteiger partial charge >= 0.3 is 0 Å². The summed E-state index contributed by atoms with van der Waals surface area (Å²) in [6.45, 7) is 2.09. The first-order chi connectivity index (χ1) is 8.72. The van der Waals surface area contributed by atoms with Gasteiger partial charge in [0.05, 0.1) is 12.8 Å². The number of nitrogen functional groups attached to an aromatic ring is 1. The van der Waals surface area contributed by atoms with E-state index in [-0.39, 0.29) is 0 Å². The van der Waals surface area contributed by atoms with Gasteiger partial charge in [-0.15, -0.1) is 0 Å². The molecule has 0 saturated carbocycles. The van der Waals surface area contributed by atoms with E-state index in [4.69, 9.17) is 15.2 Å². The molecule has 18 heavy (non-hydrogen) atoms. The number of anilines is 1. The molecule has 6 heteroatoms. The summed E-state index contributed by atoms with van der Waals surface area (Å²) in [5.74, 6) is 2.07. The SMILES string of the molecule is CCCc1nsc(Oc2ccc(OC)cc2N)n1. The van der Waals surface area contributed by atoms with Crippen LogP contribution in [0.4, 0.5) is 5.69 Å². The molecule has 2 rings (SSSR count). The highest BCUT2D eigenvalue weighted by atomic mass is 32.1. The lowest BCUT2D eigenvalue weighted by Crippen LogP contribution is -1.93. The molecule has 0 aliphatic heterocycles. The number of rotatable bonds is 5. The smallest absolute Gasteiger partial charge is 0.298 e. The van der Waals surface area contributed by atoms with Crippen molar-refractivity contribution in [3.8, 4) is 16.7 Å². The minimum Gasteiger partial charge on any atom is -0.497 e. The highest BCUT2D eigenvalue weighted by molar-refractivity contribution is 7.07. The average Bonchev–Trinajstić information content (AvgIpc) is 2.80. The van der Waals surface area contributed by atoms with Crippen LogP contribution in [0.3, 0.4) is 0 Å². The van der Waals surface area contributed by atoms with Crippen LogP contribution in [0.5, 0.6) is 16.7 Å². The average molecular weight is 265 g/mol. The molecule has 0 unspecified atom stereocenters. The minimum absolute atomic E-state index is 0.510. The number of benzene rings is 1. The number of aryl methyl sites for hydroxylation is 1. The lowest BCUT2D eigenvalue weighted by Gasteiger charge is -2.06. The molecule has 0 radical (unpaired) electrons. The van der Waals surface area contributed by atoms with E-state index >= 15 is 0 Å². The fraction of sp³-hybridized carbons (Fsp3) is 0.333. The van der Waals surface area contributed by atoms with Gasteiger partial charge in [0.2, 0.25) is 0 Å². The van der Waals surface area contributed by atoms with E-state index in [0.29, 0.717) is 22.4 Å². The minimum atomic E-state index is 0.510. The van der Waals surface area contributed by atoms with Crippen molar-refractivity contribution in [3.05, 3.63) is 24.0 Å². The van der Waals surface area contributed by atoms with Crippen LogP contribution < -0.4 is 15.2 Å². The Morgan fingerprint density at radius 3 is 2.89 bits per heavy atom. The van der Waals surface area contributed by atoms with E-state index in [1.54, 1.807) is 25.3 Å². The monoisotopic (exact) mass is 265 g/mol. The molecular weight excluding hydrogens is 250 g/mol. The van der Waals surface area contributed by atoms with E-state index in [9.17, 15) is 0 Å². The number of nitrogens with two attached hydrogens (primary N) is 1. The number of methoxy groups -OCH3 is 1. The molecule has 1 aromatic carbocycles. The summed E-state index contributed by atoms with van der Waals surface area (Å²) >= 11 is 1.23. The third-order valence-electron chi connectivity index (χ3n) is 2.34. The van der Waals surface area contributed by atoms with Crippen molar-refractivity contribution in [2.24, 2.45) is 0 Å². The normalized spacial score (nSPS) is 10.3. The van der Waals surface area contributed by atoms with Crippen LogP contribution in [0.15, 0.2) is 18.2 Å². The van der Waals surface area contributed by atoms with Crippen LogP contribution in [-0.2, 0) is 6.42 Å². The Hall–Kier alpha value is -1.82. The lowest BCUT2D eigenvalue weighted by atomic mass is 10.3. The Kier molecular flexibility index (Phi) is 3.99. The molecule has 0 bridgehead atoms. The van der Waals surface area contributed by atoms with Gasteiger partial charge in [-0.05, 0) is 18.6 Å². The summed E-state index contributed by atoms with van der Waals surface area (Å²) in [6, 6.07) is 5.26. The van der Waals surface area contributed by atoms with Crippen molar-refractivity contribution in [2.45, 2.75) is 19.8 Å². The largest absolute Gasteiger partial charge is 0.497 e. The van der Waals surface area contributed by atoms with Crippen molar-refractivity contribution in [1.82, 2.24) is 9.36 Å². The van der Waals surface area contributed by atoms with E-state index in [1.807, 2.05) is 0 Å². The standard InChI is InChI=1S/C12H15N3O2S/c1-3-4-11-14-12(18-15-11)17-10-6-5-8(16-2)7-9(10)13/h5-7H,3-4,13H2,1-2H3. The summed E-state index contributed by atoms with van der Waals surface area (Å²) < 4.78 is 14.9. The van der Waals surface area contributed by atoms with Gasteiger partial charge in [0.25, 0.3) is 5.19 Å². The second kappa shape index (κ2) is 5.68. The molecule has 5 nitrogen and oxygen atoms in total. The number of aromatic nitrogens is 2. The van der Waals surface area contributed by atoms with Gasteiger partial charge in [0.15, 0.2) is 5.75 Å². The molecule has 0 spiro atoms. The van der Waals surface area contributed by atoms with Gasteiger partial charge in [-0.2, -0.15) is 9.36 Å². The summed E-state index contributed by atoms with van der Waals surface area (Å²) in [5.41, 5.74) is 6.38. The van der Waals surface area contributed by atoms with Gasteiger partial charge in [-0.3, -0.25) is 0 Å². The van der Waals surface area contributed by atoms with Crippen molar-refractivity contribution in [3.63, 3.8) is 0 Å². The summed E-state index contributed by atoms with van der Waals surface area (Å²) in [4.78, 5) is 4.28. The molecule has 0 saturated heterocycles. The maximum Gasteiger partial charge on any atom is 0.298 e. The van der Waals surface area contributed by atoms with Crippen molar-refractivity contribution in [2.75, 3.05) is 12.8 Å². The Labute approximate surface area is 110 Å². The van der Waals surface area contributed by atoms with E-state index in [0.717, 1.165) is 18.7 Å². The zero-order valence-corrected chi connectivity index (χ0v) is 11.2. The quantitative estimate of drug-likeness (QED) is 0.842. The van der Waals surface area contributed by atoms with E-state index < -0.39 is 0 Å². The predicted octanol–water partition coefficient (Wildman–Crippen LogP) is 2.87. The molecule has 0 fully saturated rings. The fourth-order valence-corrected chi connectivity index (χ4v) is 2.03. The fourth-order valence-electron chi connectivity index (χ4n) is 1.45. The highest BCUT2D eigenvalue weighted by Crippen LogP contribution is 2.31. The second-order valence-electron chi connectivity index (χ2n) is 3.73. The first-order valence-corrected chi connectivity index (χ1v) is 6.44. The Morgan fingerprint density at radius 1 is 1.39 bits per heavy atom. The Morgan fingerprint density at radius 2 is 2.22 bits per heavy atom. The summed E-state index contributed by atoms with van der Waals surface area (Å²) in [5, 5.41) is 0.510. The number of hydrogen-bond acceptors (Lipinski definition) is 6. The maximum atomic E-state index is 5.86. The van der Waals surface area contributed by atoms with Crippen LogP contribution >= 0.6 is 11.5 Å². The third-order valence-corrected chi connectivity index (χ3v) is 2.97. The predicted molar refractivity (Wildman–Crippen MR) is 71.4 cm³/mol. The lowest BCUT2D eigenvalue weighted by molar-refractivity contribution is 0.413. The van der Waals surface area contributed by atoms with Gasteiger partial charge in [-0.25, -0.2) is 0 Å². The van der Waals surface area contributed by atoms with Gasteiger partial charge < -0.3 is 15.2 Å². The number of nitrogens with zero attached hydrogens (tertiary/aromatic N) is 2. The zero-order valence-electron chi connectivity index (χ0n) is 10.3. The Balaban J connectivity index is 2.12. The molecule has 2 aromatic rings. The first kappa shape index (κ1) is 12.6. The van der Waals surface area contributed by atoms with Crippen molar-refractivity contribution >= 4 is 17.2 Å². The molecule has 96 valence electrons. The van der Waals surface area contributed by atoms with Gasteiger partial charge in [-0.1, -0.05) is 6.92 Å². The molecule has 0 aliphatic rings. The van der Waals surface area contributed by atoms with Crippen LogP contribution in [0.1, 0.15) is 19.2 Å². The third kappa shape index (κ3) is 2.89. The Bertz CT molecular complexity index is 528. The maximum absolute atomic E-state index is 5.86. The van der Waals surface area contributed by atoms with Crippen molar-refractivity contribution in [1.29, 1.82) is 0 Å². The second-order valence-corrected chi connectivity index (χ2v) is 4.45. The number of hydrogen-bond donors (Lipinski definition) is 1. The van der Waals surface area contributed by atoms with Crippen LogP contribution in [0.25, 0.3) is 0 Å². The molecular formula is C12H15N3O2S. The van der Waals surface area contributed by atoms with E-state index in [2.05, 4.69) is 16.3 Å². The molecule has 1 aromatic heterocycles. The number of ether oxygens (including phenoxy) is 2. The van der Waals surface area contributed by atoms with Crippen LogP contribution in [0.2, 0.25) is 0 Å². The summed E-state index contributed by atoms with van der Waals surface area (Å²) in [7, 11) is 1.59. The molecule has 0 aliphatic carbocycles. The van der Waals surface area contributed by atoms with E-state index in [1.165, 1.54) is 11.5 Å². The first-order valence-electron chi connectivity index (χ1n) is 5.67. The topological polar surface area (TPSA) is 70.3 Å². The molecule has 0 atom stereocenters. The molecule has 2 N–H and O–H groups in total. The van der Waals surface area contributed by atoms with Gasteiger partial charge in [0, 0.05) is 24.0 Å². The van der Waals surface area contributed by atoms with Crippen molar-refractivity contribution < 1.29 is 9.47 Å². The molecule has 1 heterocycles. The van der Waals surface area contributed by atoms with Crippen LogP contribution in [-0.4, -0.2) is 16.5 Å². The van der Waals surface area contributed by atoms with Crippen LogP contribution in [0, 0.1) is 0 Å². The summed E-state index contributed by atoms with van der Waals surface area (Å²) in [6.07, 6.45) is 1.87. The van der Waals surface area contributed by atoms with Gasteiger partial charge in [0.1, 0.15) is 11.6 Å². The molecule has 0 amide bonds.